The number of likely N-dealkylation sites (tertiary alicyclic amines) is 1. The monoisotopic (exact) mass is 343 g/mol. The van der Waals surface area contributed by atoms with Crippen molar-refractivity contribution in [3.63, 3.8) is 0 Å². The van der Waals surface area contributed by atoms with Crippen LogP contribution in [-0.4, -0.2) is 77.7 Å². The predicted molar refractivity (Wildman–Crippen MR) is 94.0 cm³/mol. The van der Waals surface area contributed by atoms with E-state index < -0.39 is 0 Å². The van der Waals surface area contributed by atoms with Gasteiger partial charge in [0.1, 0.15) is 11.9 Å². The third-order valence-corrected chi connectivity index (χ3v) is 5.58. The van der Waals surface area contributed by atoms with Crippen LogP contribution in [0, 0.1) is 11.3 Å². The van der Waals surface area contributed by atoms with Gasteiger partial charge in [0.15, 0.2) is 0 Å². The van der Waals surface area contributed by atoms with Gasteiger partial charge in [0, 0.05) is 50.9 Å². The molecule has 25 heavy (non-hydrogen) atoms. The van der Waals surface area contributed by atoms with Gasteiger partial charge in [0.2, 0.25) is 5.91 Å². The minimum Gasteiger partial charge on any atom is -0.395 e. The first kappa shape index (κ1) is 17.6. The van der Waals surface area contributed by atoms with E-state index >= 15 is 0 Å². The summed E-state index contributed by atoms with van der Waals surface area (Å²) in [6.45, 7) is 3.51. The second kappa shape index (κ2) is 7.38. The molecule has 1 atom stereocenters. The lowest BCUT2D eigenvalue weighted by Gasteiger charge is -2.49. The third-order valence-electron chi connectivity index (χ3n) is 5.58. The number of aliphatic hydroxyl groups is 1. The lowest BCUT2D eigenvalue weighted by atomic mass is 9.86. The Kier molecular flexibility index (Phi) is 5.21. The van der Waals surface area contributed by atoms with Gasteiger partial charge >= 0.3 is 0 Å². The highest BCUT2D eigenvalue weighted by Crippen LogP contribution is 2.34. The van der Waals surface area contributed by atoms with Crippen molar-refractivity contribution < 1.29 is 9.90 Å². The number of aliphatic hydroxyl groups excluding tert-OH is 1. The van der Waals surface area contributed by atoms with Gasteiger partial charge in [-0.3, -0.25) is 9.69 Å². The highest BCUT2D eigenvalue weighted by molar-refractivity contribution is 5.76. The van der Waals surface area contributed by atoms with Gasteiger partial charge in [0.25, 0.3) is 0 Å². The SMILES string of the molecule is CN1CCN(c2ncccc2C#N)CC12CCC(=O)N(CCO)CC2. The molecule has 3 heterocycles. The molecule has 0 saturated carbocycles. The summed E-state index contributed by atoms with van der Waals surface area (Å²) in [5, 5.41) is 18.6. The number of hydrogen-bond acceptors (Lipinski definition) is 6. The van der Waals surface area contributed by atoms with E-state index in [1.54, 1.807) is 23.2 Å². The zero-order valence-electron chi connectivity index (χ0n) is 14.7. The maximum absolute atomic E-state index is 12.3. The highest BCUT2D eigenvalue weighted by atomic mass is 16.3. The number of carbonyl (C=O) groups excluding carboxylic acids is 1. The van der Waals surface area contributed by atoms with Crippen LogP contribution in [0.2, 0.25) is 0 Å². The number of anilines is 1. The number of hydrogen-bond donors (Lipinski definition) is 1. The maximum atomic E-state index is 12.3. The Balaban J connectivity index is 1.83. The van der Waals surface area contributed by atoms with Crippen molar-refractivity contribution in [2.24, 2.45) is 0 Å². The molecule has 1 N–H and O–H groups in total. The average Bonchev–Trinajstić information content (AvgIpc) is 2.79. The highest BCUT2D eigenvalue weighted by Gasteiger charge is 2.42. The van der Waals surface area contributed by atoms with E-state index in [1.165, 1.54) is 0 Å². The Hall–Kier alpha value is -2.17. The minimum absolute atomic E-state index is 0.000168. The Morgan fingerprint density at radius 1 is 1.36 bits per heavy atom. The first-order chi connectivity index (χ1) is 12.1. The molecule has 7 heteroatoms. The molecule has 1 spiro atoms. The van der Waals surface area contributed by atoms with E-state index in [2.05, 4.69) is 27.9 Å². The molecular formula is C18H25N5O2. The zero-order chi connectivity index (χ0) is 17.9. The van der Waals surface area contributed by atoms with Gasteiger partial charge in [-0.2, -0.15) is 5.26 Å². The summed E-state index contributed by atoms with van der Waals surface area (Å²) in [7, 11) is 2.12. The van der Waals surface area contributed by atoms with E-state index in [0.29, 0.717) is 25.1 Å². The van der Waals surface area contributed by atoms with Crippen molar-refractivity contribution >= 4 is 11.7 Å². The van der Waals surface area contributed by atoms with Crippen LogP contribution >= 0.6 is 0 Å². The Morgan fingerprint density at radius 3 is 2.96 bits per heavy atom. The predicted octanol–water partition coefficient (Wildman–Crippen LogP) is 0.449. The molecule has 3 rings (SSSR count). The Bertz CT molecular complexity index is 674. The quantitative estimate of drug-likeness (QED) is 0.858. The van der Waals surface area contributed by atoms with Crippen LogP contribution in [0.4, 0.5) is 5.82 Å². The van der Waals surface area contributed by atoms with Crippen molar-refractivity contribution in [2.45, 2.75) is 24.8 Å². The number of likely N-dealkylation sites (N-methyl/N-ethyl adjacent to an activating group) is 1. The third kappa shape index (κ3) is 3.46. The number of rotatable bonds is 3. The van der Waals surface area contributed by atoms with E-state index in [1.807, 2.05) is 0 Å². The van der Waals surface area contributed by atoms with Gasteiger partial charge in [-0.05, 0) is 32.0 Å². The molecule has 0 bridgehead atoms. The number of β-amino-alcohol motifs (C(OH)–C–C–N with tert-alkyl or cyclic N) is 1. The normalized spacial score (nSPS) is 25.1. The van der Waals surface area contributed by atoms with Crippen LogP contribution in [0.15, 0.2) is 18.3 Å². The topological polar surface area (TPSA) is 83.7 Å². The molecule has 134 valence electrons. The van der Waals surface area contributed by atoms with Crippen molar-refractivity contribution in [2.75, 3.05) is 51.3 Å². The Morgan fingerprint density at radius 2 is 2.20 bits per heavy atom. The molecule has 0 radical (unpaired) electrons. The number of nitrogens with zero attached hydrogens (tertiary/aromatic N) is 5. The van der Waals surface area contributed by atoms with E-state index in [4.69, 9.17) is 0 Å². The van der Waals surface area contributed by atoms with Crippen LogP contribution in [0.25, 0.3) is 0 Å². The number of piperazine rings is 1. The molecule has 1 unspecified atom stereocenters. The molecule has 2 fully saturated rings. The molecule has 0 aliphatic carbocycles. The van der Waals surface area contributed by atoms with Crippen LogP contribution < -0.4 is 4.90 Å². The number of amides is 1. The summed E-state index contributed by atoms with van der Waals surface area (Å²) >= 11 is 0. The first-order valence-electron chi connectivity index (χ1n) is 8.79. The summed E-state index contributed by atoms with van der Waals surface area (Å²) in [6.07, 6.45) is 3.86. The van der Waals surface area contributed by atoms with Gasteiger partial charge in [0.05, 0.1) is 12.2 Å². The molecule has 7 nitrogen and oxygen atoms in total. The second-order valence-corrected chi connectivity index (χ2v) is 6.91. The summed E-state index contributed by atoms with van der Waals surface area (Å²) in [6, 6.07) is 5.81. The molecule has 2 aliphatic rings. The van der Waals surface area contributed by atoms with Crippen LogP contribution in [0.5, 0.6) is 0 Å². The standard InChI is InChI=1S/C18H25N5O2/c1-21-9-10-23(17-15(13-19)3-2-7-20-17)14-18(21)5-4-16(25)22(8-6-18)11-12-24/h2-3,7,24H,4-6,8-12,14H2,1H3. The molecule has 1 amide bonds. The lowest BCUT2D eigenvalue weighted by molar-refractivity contribution is -0.131. The summed E-state index contributed by atoms with van der Waals surface area (Å²) in [5.74, 6) is 0.854. The molecular weight excluding hydrogens is 318 g/mol. The molecule has 1 aromatic rings. The fourth-order valence-corrected chi connectivity index (χ4v) is 3.97. The molecule has 1 aromatic heterocycles. The Labute approximate surface area is 148 Å². The smallest absolute Gasteiger partial charge is 0.222 e. The zero-order valence-corrected chi connectivity index (χ0v) is 14.7. The van der Waals surface area contributed by atoms with Crippen molar-refractivity contribution in [3.8, 4) is 6.07 Å². The summed E-state index contributed by atoms with van der Waals surface area (Å²) in [5.41, 5.74) is 0.483. The second-order valence-electron chi connectivity index (χ2n) is 6.91. The van der Waals surface area contributed by atoms with Crippen LogP contribution in [0.3, 0.4) is 0 Å². The number of aromatic nitrogens is 1. The summed E-state index contributed by atoms with van der Waals surface area (Å²) < 4.78 is 0. The average molecular weight is 343 g/mol. The largest absolute Gasteiger partial charge is 0.395 e. The van der Waals surface area contributed by atoms with Gasteiger partial charge in [-0.1, -0.05) is 0 Å². The van der Waals surface area contributed by atoms with E-state index in [0.717, 1.165) is 38.3 Å². The maximum Gasteiger partial charge on any atom is 0.222 e. The molecule has 2 saturated heterocycles. The fraction of sp³-hybridized carbons (Fsp3) is 0.611. The number of carbonyl (C=O) groups is 1. The van der Waals surface area contributed by atoms with Crippen molar-refractivity contribution in [1.29, 1.82) is 5.26 Å². The van der Waals surface area contributed by atoms with Gasteiger partial charge in [-0.25, -0.2) is 4.98 Å². The van der Waals surface area contributed by atoms with E-state index in [-0.39, 0.29) is 18.1 Å². The van der Waals surface area contributed by atoms with Gasteiger partial charge in [-0.15, -0.1) is 0 Å². The molecule has 0 aromatic carbocycles. The fourth-order valence-electron chi connectivity index (χ4n) is 3.97. The van der Waals surface area contributed by atoms with Gasteiger partial charge < -0.3 is 14.9 Å². The minimum atomic E-state index is -0.109. The number of nitriles is 1. The molecule has 2 aliphatic heterocycles. The lowest BCUT2D eigenvalue weighted by Crippen LogP contribution is -2.61. The summed E-state index contributed by atoms with van der Waals surface area (Å²) in [4.78, 5) is 23.1. The number of pyridine rings is 1. The van der Waals surface area contributed by atoms with Crippen molar-refractivity contribution in [1.82, 2.24) is 14.8 Å². The van der Waals surface area contributed by atoms with E-state index in [9.17, 15) is 15.2 Å². The first-order valence-corrected chi connectivity index (χ1v) is 8.79. The van der Waals surface area contributed by atoms with Crippen molar-refractivity contribution in [3.05, 3.63) is 23.9 Å². The van der Waals surface area contributed by atoms with Crippen LogP contribution in [-0.2, 0) is 4.79 Å². The van der Waals surface area contributed by atoms with Crippen LogP contribution in [0.1, 0.15) is 24.8 Å².